The Morgan fingerprint density at radius 3 is 2.64 bits per heavy atom. The number of rotatable bonds is 5. The maximum atomic E-state index is 13.3. The number of hydrogen-bond acceptors (Lipinski definition) is 2. The summed E-state index contributed by atoms with van der Waals surface area (Å²) in [6.07, 6.45) is -1.52. The molecule has 2 aromatic rings. The van der Waals surface area contributed by atoms with Gasteiger partial charge in [-0.25, -0.2) is 9.37 Å². The number of nitrogens with zero attached hydrogens (tertiary/aromatic N) is 2. The van der Waals surface area contributed by atoms with Gasteiger partial charge in [0.15, 0.2) is 0 Å². The smallest absolute Gasteiger partial charge is 0.336 e. The summed E-state index contributed by atoms with van der Waals surface area (Å²) in [6.45, 7) is 5.43. The largest absolute Gasteiger partial charge is 0.419 e. The lowest BCUT2D eigenvalue weighted by Gasteiger charge is -2.09. The lowest BCUT2D eigenvalue weighted by Crippen LogP contribution is -2.26. The molecule has 0 spiro atoms. The number of nitrogens with one attached hydrogen (secondary N) is 1. The summed E-state index contributed by atoms with van der Waals surface area (Å²) in [5, 5.41) is 3.23. The van der Waals surface area contributed by atoms with E-state index in [9.17, 15) is 17.6 Å². The quantitative estimate of drug-likeness (QED) is 0.853. The lowest BCUT2D eigenvalue weighted by molar-refractivity contribution is -0.139. The molecule has 0 saturated heterocycles. The zero-order valence-corrected chi connectivity index (χ0v) is 12.3. The fraction of sp³-hybridized carbons (Fsp3) is 0.400. The van der Waals surface area contributed by atoms with Gasteiger partial charge in [-0.05, 0) is 18.2 Å². The standard InChI is InChI=1S/C15H17F4N3/c1-10(2)20-5-6-22-8-14(21-9-22)11-3-4-13(16)12(7-11)15(17,18)19/h3-4,7-10,20H,5-6H2,1-2H3. The van der Waals surface area contributed by atoms with Crippen LogP contribution in [-0.4, -0.2) is 22.1 Å². The molecule has 0 bridgehead atoms. The van der Waals surface area contributed by atoms with Gasteiger partial charge in [-0.2, -0.15) is 13.2 Å². The molecule has 0 aliphatic carbocycles. The minimum absolute atomic E-state index is 0.240. The maximum Gasteiger partial charge on any atom is 0.419 e. The predicted octanol–water partition coefficient (Wildman–Crippen LogP) is 3.71. The summed E-state index contributed by atoms with van der Waals surface area (Å²) in [6, 6.07) is 3.25. The Hall–Kier alpha value is -1.89. The molecule has 0 saturated carbocycles. The normalized spacial score (nSPS) is 12.1. The van der Waals surface area contributed by atoms with Crippen molar-refractivity contribution < 1.29 is 17.6 Å². The first-order chi connectivity index (χ1) is 10.3. The van der Waals surface area contributed by atoms with E-state index >= 15 is 0 Å². The van der Waals surface area contributed by atoms with Crippen LogP contribution in [-0.2, 0) is 12.7 Å². The van der Waals surface area contributed by atoms with Crippen molar-refractivity contribution in [2.24, 2.45) is 0 Å². The number of imidazole rings is 1. The average molecular weight is 315 g/mol. The van der Waals surface area contributed by atoms with Crippen molar-refractivity contribution >= 4 is 0 Å². The third-order valence-corrected chi connectivity index (χ3v) is 3.12. The number of hydrogen-bond donors (Lipinski definition) is 1. The molecule has 1 aromatic carbocycles. The van der Waals surface area contributed by atoms with Crippen LogP contribution in [0.15, 0.2) is 30.7 Å². The van der Waals surface area contributed by atoms with Crippen molar-refractivity contribution in [3.8, 4) is 11.3 Å². The van der Waals surface area contributed by atoms with E-state index in [0.717, 1.165) is 18.7 Å². The van der Waals surface area contributed by atoms with Crippen LogP contribution in [0.1, 0.15) is 19.4 Å². The molecule has 3 nitrogen and oxygen atoms in total. The van der Waals surface area contributed by atoms with Crippen LogP contribution < -0.4 is 5.32 Å². The summed E-state index contributed by atoms with van der Waals surface area (Å²) in [4.78, 5) is 4.08. The van der Waals surface area contributed by atoms with E-state index < -0.39 is 17.6 Å². The molecule has 7 heteroatoms. The summed E-state index contributed by atoms with van der Waals surface area (Å²) in [7, 11) is 0. The molecule has 0 amide bonds. The Morgan fingerprint density at radius 1 is 1.27 bits per heavy atom. The first kappa shape index (κ1) is 16.5. The third kappa shape index (κ3) is 4.07. The van der Waals surface area contributed by atoms with Gasteiger partial charge in [-0.1, -0.05) is 13.8 Å². The number of halogens is 4. The molecular formula is C15H17F4N3. The van der Waals surface area contributed by atoms with E-state index in [4.69, 9.17) is 0 Å². The van der Waals surface area contributed by atoms with Crippen LogP contribution in [0.5, 0.6) is 0 Å². The van der Waals surface area contributed by atoms with Gasteiger partial charge in [0.05, 0.1) is 17.6 Å². The van der Waals surface area contributed by atoms with Crippen molar-refractivity contribution in [3.05, 3.63) is 42.1 Å². The first-order valence-electron chi connectivity index (χ1n) is 6.89. The van der Waals surface area contributed by atoms with E-state index in [1.807, 2.05) is 13.8 Å². The van der Waals surface area contributed by atoms with Gasteiger partial charge in [0.2, 0.25) is 0 Å². The molecule has 0 aliphatic rings. The Kier molecular flexibility index (Phi) is 4.85. The topological polar surface area (TPSA) is 29.9 Å². The Balaban J connectivity index is 2.17. The first-order valence-corrected chi connectivity index (χ1v) is 6.89. The van der Waals surface area contributed by atoms with E-state index in [1.165, 1.54) is 6.07 Å². The molecule has 22 heavy (non-hydrogen) atoms. The molecule has 120 valence electrons. The predicted molar refractivity (Wildman–Crippen MR) is 75.8 cm³/mol. The van der Waals surface area contributed by atoms with Gasteiger partial charge >= 0.3 is 6.18 Å². The molecule has 0 radical (unpaired) electrons. The highest BCUT2D eigenvalue weighted by Crippen LogP contribution is 2.33. The summed E-state index contributed by atoms with van der Waals surface area (Å²) in [5.74, 6) is -1.28. The molecule has 0 aliphatic heterocycles. The van der Waals surface area contributed by atoms with Crippen molar-refractivity contribution in [1.82, 2.24) is 14.9 Å². The van der Waals surface area contributed by atoms with Crippen molar-refractivity contribution in [3.63, 3.8) is 0 Å². The van der Waals surface area contributed by atoms with Crippen LogP contribution in [0.4, 0.5) is 17.6 Å². The highest BCUT2D eigenvalue weighted by Gasteiger charge is 2.34. The van der Waals surface area contributed by atoms with Gasteiger partial charge in [0, 0.05) is 30.9 Å². The average Bonchev–Trinajstić information content (AvgIpc) is 2.86. The van der Waals surface area contributed by atoms with Crippen LogP contribution in [0.25, 0.3) is 11.3 Å². The zero-order chi connectivity index (χ0) is 16.3. The molecule has 2 rings (SSSR count). The van der Waals surface area contributed by atoms with Gasteiger partial charge in [0.1, 0.15) is 5.82 Å². The molecule has 1 heterocycles. The Bertz CT molecular complexity index is 632. The van der Waals surface area contributed by atoms with E-state index in [2.05, 4.69) is 10.3 Å². The van der Waals surface area contributed by atoms with Gasteiger partial charge in [0.25, 0.3) is 0 Å². The van der Waals surface area contributed by atoms with E-state index in [0.29, 0.717) is 18.3 Å². The number of aromatic nitrogens is 2. The second-order valence-electron chi connectivity index (χ2n) is 5.30. The number of alkyl halides is 3. The molecule has 1 N–H and O–H groups in total. The summed E-state index contributed by atoms with van der Waals surface area (Å²) >= 11 is 0. The van der Waals surface area contributed by atoms with Crippen LogP contribution in [0.2, 0.25) is 0 Å². The highest BCUT2D eigenvalue weighted by atomic mass is 19.4. The number of benzene rings is 1. The lowest BCUT2D eigenvalue weighted by atomic mass is 10.1. The zero-order valence-electron chi connectivity index (χ0n) is 12.3. The fourth-order valence-electron chi connectivity index (χ4n) is 2.02. The van der Waals surface area contributed by atoms with Crippen molar-refractivity contribution in [1.29, 1.82) is 0 Å². The second-order valence-corrected chi connectivity index (χ2v) is 5.30. The molecule has 0 atom stereocenters. The van der Waals surface area contributed by atoms with Crippen molar-refractivity contribution in [2.45, 2.75) is 32.6 Å². The summed E-state index contributed by atoms with van der Waals surface area (Å²) in [5.41, 5.74) is -0.652. The van der Waals surface area contributed by atoms with Gasteiger partial charge < -0.3 is 9.88 Å². The minimum Gasteiger partial charge on any atom is -0.336 e. The highest BCUT2D eigenvalue weighted by molar-refractivity contribution is 5.59. The Labute approximate surface area is 126 Å². The third-order valence-electron chi connectivity index (χ3n) is 3.12. The van der Waals surface area contributed by atoms with Crippen LogP contribution >= 0.6 is 0 Å². The van der Waals surface area contributed by atoms with Crippen LogP contribution in [0.3, 0.4) is 0 Å². The molecule has 0 fully saturated rings. The van der Waals surface area contributed by atoms with Crippen LogP contribution in [0, 0.1) is 5.82 Å². The maximum absolute atomic E-state index is 13.3. The van der Waals surface area contributed by atoms with Crippen molar-refractivity contribution in [2.75, 3.05) is 6.54 Å². The summed E-state index contributed by atoms with van der Waals surface area (Å²) < 4.78 is 53.2. The van der Waals surface area contributed by atoms with Gasteiger partial charge in [-0.15, -0.1) is 0 Å². The molecule has 0 unspecified atom stereocenters. The second kappa shape index (κ2) is 6.48. The fourth-order valence-corrected chi connectivity index (χ4v) is 2.02. The van der Waals surface area contributed by atoms with Gasteiger partial charge in [-0.3, -0.25) is 0 Å². The minimum atomic E-state index is -4.72. The molecular weight excluding hydrogens is 298 g/mol. The van der Waals surface area contributed by atoms with E-state index in [1.54, 1.807) is 17.1 Å². The molecule has 1 aromatic heterocycles. The van der Waals surface area contributed by atoms with E-state index in [-0.39, 0.29) is 5.56 Å². The Morgan fingerprint density at radius 2 is 2.00 bits per heavy atom. The SMILES string of the molecule is CC(C)NCCn1cnc(-c2ccc(F)c(C(F)(F)F)c2)c1. The monoisotopic (exact) mass is 315 g/mol.